The lowest BCUT2D eigenvalue weighted by atomic mass is 10.1. The lowest BCUT2D eigenvalue weighted by Crippen LogP contribution is -2.40. The molecule has 1 heterocycles. The average Bonchev–Trinajstić information content (AvgIpc) is 2.48. The number of rotatable bonds is 4. The van der Waals surface area contributed by atoms with Gasteiger partial charge in [-0.2, -0.15) is 0 Å². The van der Waals surface area contributed by atoms with Gasteiger partial charge in [-0.3, -0.25) is 4.79 Å². The van der Waals surface area contributed by atoms with Crippen molar-refractivity contribution < 1.29 is 14.3 Å². The molecule has 0 atom stereocenters. The molecule has 0 N–H and O–H groups in total. The van der Waals surface area contributed by atoms with Gasteiger partial charge in [0.1, 0.15) is 0 Å². The van der Waals surface area contributed by atoms with Crippen LogP contribution in [0.25, 0.3) is 0 Å². The molecule has 0 aliphatic carbocycles. The van der Waals surface area contributed by atoms with E-state index < -0.39 is 0 Å². The number of ether oxygens (including phenoxy) is 2. The highest BCUT2D eigenvalue weighted by Gasteiger charge is 2.23. The van der Waals surface area contributed by atoms with Crippen molar-refractivity contribution in [3.8, 4) is 0 Å². The molecule has 1 amide bonds. The predicted molar refractivity (Wildman–Crippen MR) is 73.1 cm³/mol. The van der Waals surface area contributed by atoms with Crippen molar-refractivity contribution in [2.75, 3.05) is 27.3 Å². The van der Waals surface area contributed by atoms with Crippen LogP contribution in [0.3, 0.4) is 0 Å². The number of likely N-dealkylation sites (tertiary alicyclic amines) is 1. The van der Waals surface area contributed by atoms with Gasteiger partial charge in [0.2, 0.25) is 0 Å². The first-order valence-electron chi connectivity index (χ1n) is 6.64. The highest BCUT2D eigenvalue weighted by atomic mass is 16.5. The Kier molecular flexibility index (Phi) is 4.93. The minimum absolute atomic E-state index is 0.110. The van der Waals surface area contributed by atoms with Crippen LogP contribution < -0.4 is 0 Å². The quantitative estimate of drug-likeness (QED) is 0.835. The molecular weight excluding hydrogens is 242 g/mol. The van der Waals surface area contributed by atoms with Crippen LogP contribution in [0.2, 0.25) is 0 Å². The van der Waals surface area contributed by atoms with Crippen molar-refractivity contribution in [2.24, 2.45) is 0 Å². The predicted octanol–water partition coefficient (Wildman–Crippen LogP) is 2.08. The molecule has 1 aromatic carbocycles. The Morgan fingerprint density at radius 2 is 1.84 bits per heavy atom. The number of carbonyl (C=O) groups is 1. The maximum Gasteiger partial charge on any atom is 0.253 e. The van der Waals surface area contributed by atoms with Gasteiger partial charge in [0.05, 0.1) is 12.7 Å². The molecule has 2 rings (SSSR count). The second kappa shape index (κ2) is 6.68. The van der Waals surface area contributed by atoms with Crippen LogP contribution >= 0.6 is 0 Å². The van der Waals surface area contributed by atoms with Gasteiger partial charge in [-0.15, -0.1) is 0 Å². The number of benzene rings is 1. The molecule has 1 saturated heterocycles. The Balaban J connectivity index is 1.96. The van der Waals surface area contributed by atoms with Crippen LogP contribution in [-0.2, 0) is 16.1 Å². The second-order valence-corrected chi connectivity index (χ2v) is 4.86. The van der Waals surface area contributed by atoms with Gasteiger partial charge in [0.25, 0.3) is 5.91 Å². The van der Waals surface area contributed by atoms with E-state index in [-0.39, 0.29) is 5.91 Å². The normalized spacial score (nSPS) is 16.6. The molecule has 0 saturated carbocycles. The molecule has 0 spiro atoms. The zero-order valence-corrected chi connectivity index (χ0v) is 11.6. The smallest absolute Gasteiger partial charge is 0.253 e. The van der Waals surface area contributed by atoms with Crippen LogP contribution in [0.15, 0.2) is 24.3 Å². The van der Waals surface area contributed by atoms with Crippen molar-refractivity contribution >= 4 is 5.91 Å². The number of hydrogen-bond acceptors (Lipinski definition) is 3. The van der Waals surface area contributed by atoms with Crippen LogP contribution in [0.5, 0.6) is 0 Å². The van der Waals surface area contributed by atoms with E-state index in [4.69, 9.17) is 9.47 Å². The molecule has 0 bridgehead atoms. The summed E-state index contributed by atoms with van der Waals surface area (Å²) in [5, 5.41) is 0. The number of amides is 1. The second-order valence-electron chi connectivity index (χ2n) is 4.86. The fourth-order valence-electron chi connectivity index (χ4n) is 2.39. The largest absolute Gasteiger partial charge is 0.381 e. The maximum atomic E-state index is 12.3. The van der Waals surface area contributed by atoms with Gasteiger partial charge < -0.3 is 14.4 Å². The van der Waals surface area contributed by atoms with Gasteiger partial charge in [-0.1, -0.05) is 12.1 Å². The van der Waals surface area contributed by atoms with Gasteiger partial charge >= 0.3 is 0 Å². The van der Waals surface area contributed by atoms with Crippen molar-refractivity contribution in [1.82, 2.24) is 4.90 Å². The summed E-state index contributed by atoms with van der Waals surface area (Å²) in [6.07, 6.45) is 2.14. The Hall–Kier alpha value is -1.39. The summed E-state index contributed by atoms with van der Waals surface area (Å²) in [6.45, 7) is 2.13. The summed E-state index contributed by atoms with van der Waals surface area (Å²) >= 11 is 0. The highest BCUT2D eigenvalue weighted by molar-refractivity contribution is 5.94. The molecular formula is C15H21NO3. The average molecular weight is 263 g/mol. The third-order valence-electron chi connectivity index (χ3n) is 3.57. The Labute approximate surface area is 114 Å². The first kappa shape index (κ1) is 14.0. The van der Waals surface area contributed by atoms with Gasteiger partial charge in [0.15, 0.2) is 0 Å². The highest BCUT2D eigenvalue weighted by Crippen LogP contribution is 2.16. The Morgan fingerprint density at radius 3 is 2.37 bits per heavy atom. The summed E-state index contributed by atoms with van der Waals surface area (Å²) in [4.78, 5) is 14.2. The fraction of sp³-hybridized carbons (Fsp3) is 0.533. The van der Waals surface area contributed by atoms with Crippen LogP contribution in [-0.4, -0.2) is 44.2 Å². The summed E-state index contributed by atoms with van der Waals surface area (Å²) in [5.41, 5.74) is 1.83. The summed E-state index contributed by atoms with van der Waals surface area (Å²) in [6, 6.07) is 7.63. The summed E-state index contributed by atoms with van der Waals surface area (Å²) in [7, 11) is 3.40. The first-order chi connectivity index (χ1) is 9.24. The molecule has 1 aliphatic rings. The minimum Gasteiger partial charge on any atom is -0.381 e. The van der Waals surface area contributed by atoms with Crippen molar-refractivity contribution in [1.29, 1.82) is 0 Å². The molecule has 1 fully saturated rings. The number of piperidine rings is 1. The zero-order chi connectivity index (χ0) is 13.7. The van der Waals surface area contributed by atoms with Crippen LogP contribution in [0.4, 0.5) is 0 Å². The molecule has 4 heteroatoms. The van der Waals surface area contributed by atoms with E-state index in [1.54, 1.807) is 14.2 Å². The van der Waals surface area contributed by atoms with Crippen molar-refractivity contribution in [3.05, 3.63) is 35.4 Å². The van der Waals surface area contributed by atoms with E-state index in [0.29, 0.717) is 12.7 Å². The SMILES string of the molecule is COCc1ccc(C(=O)N2CCC(OC)CC2)cc1. The van der Waals surface area contributed by atoms with E-state index in [0.717, 1.165) is 37.1 Å². The topological polar surface area (TPSA) is 38.8 Å². The molecule has 1 aromatic rings. The first-order valence-corrected chi connectivity index (χ1v) is 6.64. The Morgan fingerprint density at radius 1 is 1.21 bits per heavy atom. The van der Waals surface area contributed by atoms with Crippen molar-refractivity contribution in [3.63, 3.8) is 0 Å². The third-order valence-corrected chi connectivity index (χ3v) is 3.57. The van der Waals surface area contributed by atoms with Crippen LogP contribution in [0.1, 0.15) is 28.8 Å². The number of hydrogen-bond donors (Lipinski definition) is 0. The van der Waals surface area contributed by atoms with Gasteiger partial charge in [-0.25, -0.2) is 0 Å². The molecule has 0 unspecified atom stereocenters. The van der Waals surface area contributed by atoms with Crippen LogP contribution in [0, 0.1) is 0 Å². The standard InChI is InChI=1S/C15H21NO3/c1-18-11-12-3-5-13(6-4-12)15(17)16-9-7-14(19-2)8-10-16/h3-6,14H,7-11H2,1-2H3. The lowest BCUT2D eigenvalue weighted by molar-refractivity contribution is 0.0351. The van der Waals surface area contributed by atoms with E-state index in [1.165, 1.54) is 0 Å². The fourth-order valence-corrected chi connectivity index (χ4v) is 2.39. The third kappa shape index (κ3) is 3.55. The molecule has 104 valence electrons. The summed E-state index contributed by atoms with van der Waals surface area (Å²) in [5.74, 6) is 0.110. The number of carbonyl (C=O) groups excluding carboxylic acids is 1. The summed E-state index contributed by atoms with van der Waals surface area (Å²) < 4.78 is 10.4. The molecule has 0 aromatic heterocycles. The van der Waals surface area contributed by atoms with Gasteiger partial charge in [-0.05, 0) is 30.5 Å². The Bertz CT molecular complexity index is 408. The molecule has 0 radical (unpaired) electrons. The molecule has 19 heavy (non-hydrogen) atoms. The monoisotopic (exact) mass is 263 g/mol. The van der Waals surface area contributed by atoms with Gasteiger partial charge in [0, 0.05) is 32.9 Å². The van der Waals surface area contributed by atoms with E-state index in [2.05, 4.69) is 0 Å². The zero-order valence-electron chi connectivity index (χ0n) is 11.6. The lowest BCUT2D eigenvalue weighted by Gasteiger charge is -2.31. The van der Waals surface area contributed by atoms with E-state index in [9.17, 15) is 4.79 Å². The maximum absolute atomic E-state index is 12.3. The minimum atomic E-state index is 0.110. The van der Waals surface area contributed by atoms with E-state index >= 15 is 0 Å². The number of methoxy groups -OCH3 is 2. The number of nitrogens with zero attached hydrogens (tertiary/aromatic N) is 1. The van der Waals surface area contributed by atoms with Crippen molar-refractivity contribution in [2.45, 2.75) is 25.6 Å². The molecule has 1 aliphatic heterocycles. The van der Waals surface area contributed by atoms with E-state index in [1.807, 2.05) is 29.2 Å². The molecule has 4 nitrogen and oxygen atoms in total.